The van der Waals surface area contributed by atoms with E-state index in [-0.39, 0.29) is 23.8 Å². The SMILES string of the molecule is CO[C@@H]1CCN(C(C)=O)C[C@H]1CC(=O)N1CCN(c2ccccc2)CC1. The van der Waals surface area contributed by atoms with Crippen LogP contribution in [0.5, 0.6) is 0 Å². The van der Waals surface area contributed by atoms with Gasteiger partial charge >= 0.3 is 0 Å². The number of ether oxygens (including phenoxy) is 1. The van der Waals surface area contributed by atoms with Crippen LogP contribution in [-0.2, 0) is 14.3 Å². The summed E-state index contributed by atoms with van der Waals surface area (Å²) in [7, 11) is 1.70. The Morgan fingerprint density at radius 1 is 1.04 bits per heavy atom. The molecule has 1 aromatic carbocycles. The van der Waals surface area contributed by atoms with Crippen molar-refractivity contribution in [3.63, 3.8) is 0 Å². The van der Waals surface area contributed by atoms with E-state index in [9.17, 15) is 9.59 Å². The maximum atomic E-state index is 12.8. The number of amides is 2. The fraction of sp³-hybridized carbons (Fsp3) is 0.600. The number of carbonyl (C=O) groups is 2. The number of hydrogen-bond donors (Lipinski definition) is 0. The van der Waals surface area contributed by atoms with Crippen molar-refractivity contribution in [1.29, 1.82) is 0 Å². The maximum absolute atomic E-state index is 12.8. The standard InChI is InChI=1S/C20H29N3O3/c1-16(24)23-9-8-19(26-2)17(15-23)14-20(25)22-12-10-21(11-13-22)18-6-4-3-5-7-18/h3-7,17,19H,8-15H2,1-2H3/t17-,19-/m1/s1. The fourth-order valence-corrected chi connectivity index (χ4v) is 4.01. The van der Waals surface area contributed by atoms with Crippen molar-refractivity contribution in [2.24, 2.45) is 5.92 Å². The second-order valence-electron chi connectivity index (χ2n) is 7.20. The Labute approximate surface area is 155 Å². The summed E-state index contributed by atoms with van der Waals surface area (Å²) >= 11 is 0. The van der Waals surface area contributed by atoms with E-state index in [4.69, 9.17) is 4.74 Å². The maximum Gasteiger partial charge on any atom is 0.223 e. The smallest absolute Gasteiger partial charge is 0.223 e. The first kappa shape index (κ1) is 18.7. The monoisotopic (exact) mass is 359 g/mol. The molecule has 3 rings (SSSR count). The van der Waals surface area contributed by atoms with E-state index in [0.29, 0.717) is 19.5 Å². The molecule has 2 aliphatic rings. The van der Waals surface area contributed by atoms with E-state index in [2.05, 4.69) is 17.0 Å². The number of rotatable bonds is 4. The molecule has 2 aliphatic heterocycles. The number of piperazine rings is 1. The van der Waals surface area contributed by atoms with Crippen LogP contribution in [0.15, 0.2) is 30.3 Å². The largest absolute Gasteiger partial charge is 0.381 e. The minimum Gasteiger partial charge on any atom is -0.381 e. The number of hydrogen-bond acceptors (Lipinski definition) is 4. The quantitative estimate of drug-likeness (QED) is 0.820. The van der Waals surface area contributed by atoms with Gasteiger partial charge in [-0.3, -0.25) is 9.59 Å². The molecule has 0 N–H and O–H groups in total. The molecular formula is C20H29N3O3. The van der Waals surface area contributed by atoms with Gasteiger partial charge in [0.25, 0.3) is 0 Å². The highest BCUT2D eigenvalue weighted by Crippen LogP contribution is 2.24. The van der Waals surface area contributed by atoms with Crippen LogP contribution < -0.4 is 4.90 Å². The molecule has 0 radical (unpaired) electrons. The average molecular weight is 359 g/mol. The first-order chi connectivity index (χ1) is 12.6. The number of piperidine rings is 1. The molecule has 2 heterocycles. The molecule has 2 fully saturated rings. The number of anilines is 1. The van der Waals surface area contributed by atoms with E-state index in [1.54, 1.807) is 14.0 Å². The average Bonchev–Trinajstić information content (AvgIpc) is 2.68. The molecule has 2 saturated heterocycles. The van der Waals surface area contributed by atoms with Crippen LogP contribution in [-0.4, -0.2) is 74.1 Å². The lowest BCUT2D eigenvalue weighted by atomic mass is 9.90. The minimum atomic E-state index is 0.0557. The minimum absolute atomic E-state index is 0.0557. The van der Waals surface area contributed by atoms with E-state index < -0.39 is 0 Å². The first-order valence-corrected chi connectivity index (χ1v) is 9.44. The molecule has 0 aliphatic carbocycles. The highest BCUT2D eigenvalue weighted by atomic mass is 16.5. The van der Waals surface area contributed by atoms with E-state index in [0.717, 1.165) is 32.6 Å². The van der Waals surface area contributed by atoms with Gasteiger partial charge in [0.05, 0.1) is 6.10 Å². The Kier molecular flexibility index (Phi) is 6.14. The summed E-state index contributed by atoms with van der Waals surface area (Å²) in [5, 5.41) is 0. The summed E-state index contributed by atoms with van der Waals surface area (Å²) < 4.78 is 5.58. The van der Waals surface area contributed by atoms with E-state index in [1.807, 2.05) is 28.0 Å². The molecule has 2 atom stereocenters. The second-order valence-corrected chi connectivity index (χ2v) is 7.20. The zero-order valence-corrected chi connectivity index (χ0v) is 15.8. The van der Waals surface area contributed by atoms with Crippen molar-refractivity contribution in [3.05, 3.63) is 30.3 Å². The topological polar surface area (TPSA) is 53.1 Å². The Morgan fingerprint density at radius 3 is 2.35 bits per heavy atom. The highest BCUT2D eigenvalue weighted by Gasteiger charge is 2.33. The van der Waals surface area contributed by atoms with Gasteiger partial charge in [0.15, 0.2) is 0 Å². The lowest BCUT2D eigenvalue weighted by molar-refractivity contribution is -0.139. The number of carbonyl (C=O) groups excluding carboxylic acids is 2. The van der Waals surface area contributed by atoms with Gasteiger partial charge in [0.1, 0.15) is 0 Å². The third-order valence-corrected chi connectivity index (χ3v) is 5.60. The van der Waals surface area contributed by atoms with Gasteiger partial charge in [-0.15, -0.1) is 0 Å². The zero-order valence-electron chi connectivity index (χ0n) is 15.8. The lowest BCUT2D eigenvalue weighted by Gasteiger charge is -2.40. The van der Waals surface area contributed by atoms with Crippen molar-refractivity contribution in [3.8, 4) is 0 Å². The predicted molar refractivity (Wildman–Crippen MR) is 101 cm³/mol. The molecule has 6 nitrogen and oxygen atoms in total. The van der Waals surface area contributed by atoms with Crippen LogP contribution >= 0.6 is 0 Å². The summed E-state index contributed by atoms with van der Waals surface area (Å²) in [5.74, 6) is 0.334. The van der Waals surface area contributed by atoms with Gasteiger partial charge in [-0.05, 0) is 18.6 Å². The van der Waals surface area contributed by atoms with Gasteiger partial charge in [-0.25, -0.2) is 0 Å². The van der Waals surface area contributed by atoms with Crippen LogP contribution in [0, 0.1) is 5.92 Å². The van der Waals surface area contributed by atoms with Crippen molar-refractivity contribution in [2.45, 2.75) is 25.9 Å². The van der Waals surface area contributed by atoms with Crippen molar-refractivity contribution >= 4 is 17.5 Å². The second kappa shape index (κ2) is 8.54. The molecular weight excluding hydrogens is 330 g/mol. The van der Waals surface area contributed by atoms with Gasteiger partial charge in [-0.2, -0.15) is 0 Å². The van der Waals surface area contributed by atoms with Crippen LogP contribution in [0.25, 0.3) is 0 Å². The van der Waals surface area contributed by atoms with Crippen molar-refractivity contribution < 1.29 is 14.3 Å². The Morgan fingerprint density at radius 2 is 1.73 bits per heavy atom. The molecule has 6 heteroatoms. The van der Waals surface area contributed by atoms with Gasteiger partial charge in [0, 0.05) is 71.3 Å². The number of nitrogens with zero attached hydrogens (tertiary/aromatic N) is 3. The first-order valence-electron chi connectivity index (χ1n) is 9.44. The molecule has 1 aromatic rings. The molecule has 142 valence electrons. The summed E-state index contributed by atoms with van der Waals surface area (Å²) in [6, 6.07) is 10.3. The summed E-state index contributed by atoms with van der Waals surface area (Å²) in [5.41, 5.74) is 1.21. The van der Waals surface area contributed by atoms with Gasteiger partial charge in [-0.1, -0.05) is 18.2 Å². The third kappa shape index (κ3) is 4.36. The highest BCUT2D eigenvalue weighted by molar-refractivity contribution is 5.77. The predicted octanol–water partition coefficient (Wildman–Crippen LogP) is 1.61. The van der Waals surface area contributed by atoms with Crippen molar-refractivity contribution in [1.82, 2.24) is 9.80 Å². The van der Waals surface area contributed by atoms with Crippen LogP contribution in [0.3, 0.4) is 0 Å². The number of benzene rings is 1. The molecule has 2 amide bonds. The van der Waals surface area contributed by atoms with Crippen LogP contribution in [0.1, 0.15) is 19.8 Å². The number of likely N-dealkylation sites (tertiary alicyclic amines) is 1. The third-order valence-electron chi connectivity index (χ3n) is 5.60. The van der Waals surface area contributed by atoms with Gasteiger partial charge in [0.2, 0.25) is 11.8 Å². The van der Waals surface area contributed by atoms with Crippen LogP contribution in [0.2, 0.25) is 0 Å². The van der Waals surface area contributed by atoms with Crippen molar-refractivity contribution in [2.75, 3.05) is 51.3 Å². The summed E-state index contributed by atoms with van der Waals surface area (Å²) in [6.45, 7) is 6.12. The van der Waals surface area contributed by atoms with Gasteiger partial charge < -0.3 is 19.4 Å². The number of methoxy groups -OCH3 is 1. The molecule has 0 bridgehead atoms. The number of para-hydroxylation sites is 1. The Balaban J connectivity index is 1.54. The van der Waals surface area contributed by atoms with Crippen LogP contribution in [0.4, 0.5) is 5.69 Å². The van der Waals surface area contributed by atoms with E-state index in [1.165, 1.54) is 5.69 Å². The Hall–Kier alpha value is -2.08. The molecule has 0 aromatic heterocycles. The molecule has 26 heavy (non-hydrogen) atoms. The molecule has 0 unspecified atom stereocenters. The summed E-state index contributed by atoms with van der Waals surface area (Å²) in [6.07, 6.45) is 1.31. The lowest BCUT2D eigenvalue weighted by Crippen LogP contribution is -2.51. The Bertz CT molecular complexity index is 614. The van der Waals surface area contributed by atoms with E-state index >= 15 is 0 Å². The molecule has 0 saturated carbocycles. The summed E-state index contributed by atoms with van der Waals surface area (Å²) in [4.78, 5) is 30.6. The molecule has 0 spiro atoms. The fourth-order valence-electron chi connectivity index (χ4n) is 4.01. The normalized spacial score (nSPS) is 23.8. The zero-order chi connectivity index (χ0) is 18.5.